The van der Waals surface area contributed by atoms with Gasteiger partial charge < -0.3 is 9.47 Å². The van der Waals surface area contributed by atoms with Crippen LogP contribution in [0.4, 0.5) is 0 Å². The number of ether oxygens (including phenoxy) is 2. The lowest BCUT2D eigenvalue weighted by molar-refractivity contribution is 0.0662. The van der Waals surface area contributed by atoms with Gasteiger partial charge in [-0.1, -0.05) is 30.3 Å². The lowest BCUT2D eigenvalue weighted by Gasteiger charge is -2.14. The smallest absolute Gasteiger partial charge is 0.0843 e. The molecule has 0 aromatic heterocycles. The van der Waals surface area contributed by atoms with Crippen molar-refractivity contribution < 1.29 is 9.47 Å². The Balaban J connectivity index is 2.56. The van der Waals surface area contributed by atoms with Crippen molar-refractivity contribution in [1.82, 2.24) is 0 Å². The molecule has 1 rings (SSSR count). The number of methoxy groups -OCH3 is 2. The number of hydrogen-bond donors (Lipinski definition) is 0. The van der Waals surface area contributed by atoms with E-state index in [0.717, 1.165) is 13.0 Å². The van der Waals surface area contributed by atoms with E-state index >= 15 is 0 Å². The summed E-state index contributed by atoms with van der Waals surface area (Å²) in [6.07, 6.45) is 1.05. The Morgan fingerprint density at radius 1 is 1.15 bits per heavy atom. The van der Waals surface area contributed by atoms with Crippen molar-refractivity contribution in [2.45, 2.75) is 12.5 Å². The van der Waals surface area contributed by atoms with E-state index in [1.54, 1.807) is 14.2 Å². The molecule has 0 saturated heterocycles. The fourth-order valence-electron chi connectivity index (χ4n) is 1.31. The molecule has 0 aliphatic heterocycles. The van der Waals surface area contributed by atoms with Gasteiger partial charge in [0.15, 0.2) is 0 Å². The molecule has 1 atom stereocenters. The summed E-state index contributed by atoms with van der Waals surface area (Å²) in [4.78, 5) is 0. The summed E-state index contributed by atoms with van der Waals surface area (Å²) in [6, 6.07) is 10.2. The standard InChI is InChI=1S/C11H16O2/c1-12-9-8-11(13-2)10-6-4-3-5-7-10/h3-7,11H,8-9H2,1-2H3/t11-/m1/s1. The zero-order valence-corrected chi connectivity index (χ0v) is 8.19. The predicted molar refractivity (Wildman–Crippen MR) is 52.7 cm³/mol. The SMILES string of the molecule is COCC[C@@H](OC)c1ccccc1. The van der Waals surface area contributed by atoms with Crippen LogP contribution in [-0.4, -0.2) is 20.8 Å². The average Bonchev–Trinajstić information content (AvgIpc) is 2.21. The van der Waals surface area contributed by atoms with Crippen LogP contribution in [-0.2, 0) is 9.47 Å². The normalized spacial score (nSPS) is 12.8. The van der Waals surface area contributed by atoms with Crippen molar-refractivity contribution >= 4 is 0 Å². The third-order valence-electron chi connectivity index (χ3n) is 2.04. The van der Waals surface area contributed by atoms with E-state index in [1.165, 1.54) is 5.56 Å². The van der Waals surface area contributed by atoms with Crippen LogP contribution in [0.5, 0.6) is 0 Å². The molecule has 0 N–H and O–H groups in total. The minimum absolute atomic E-state index is 0.154. The van der Waals surface area contributed by atoms with Crippen LogP contribution >= 0.6 is 0 Å². The van der Waals surface area contributed by atoms with E-state index in [9.17, 15) is 0 Å². The minimum atomic E-state index is 0.154. The highest BCUT2D eigenvalue weighted by molar-refractivity contribution is 5.17. The van der Waals surface area contributed by atoms with Gasteiger partial charge in [-0.05, 0) is 5.56 Å². The number of benzene rings is 1. The summed E-state index contributed by atoms with van der Waals surface area (Å²) in [5.74, 6) is 0. The topological polar surface area (TPSA) is 18.5 Å². The van der Waals surface area contributed by atoms with Gasteiger partial charge in [0.2, 0.25) is 0 Å². The van der Waals surface area contributed by atoms with Gasteiger partial charge in [0.25, 0.3) is 0 Å². The predicted octanol–water partition coefficient (Wildman–Crippen LogP) is 2.41. The maximum atomic E-state index is 5.36. The fraction of sp³-hybridized carbons (Fsp3) is 0.455. The Labute approximate surface area is 79.5 Å². The molecule has 0 spiro atoms. The lowest BCUT2D eigenvalue weighted by Crippen LogP contribution is -2.04. The number of hydrogen-bond acceptors (Lipinski definition) is 2. The second kappa shape index (κ2) is 5.73. The molecule has 0 bridgehead atoms. The van der Waals surface area contributed by atoms with Gasteiger partial charge in [0.05, 0.1) is 6.10 Å². The maximum Gasteiger partial charge on any atom is 0.0843 e. The van der Waals surface area contributed by atoms with Crippen molar-refractivity contribution in [2.24, 2.45) is 0 Å². The van der Waals surface area contributed by atoms with E-state index in [2.05, 4.69) is 12.1 Å². The summed E-state index contributed by atoms with van der Waals surface area (Å²) in [5.41, 5.74) is 1.21. The third-order valence-corrected chi connectivity index (χ3v) is 2.04. The van der Waals surface area contributed by atoms with E-state index in [-0.39, 0.29) is 6.10 Å². The van der Waals surface area contributed by atoms with E-state index < -0.39 is 0 Å². The monoisotopic (exact) mass is 180 g/mol. The maximum absolute atomic E-state index is 5.36. The Kier molecular flexibility index (Phi) is 4.50. The van der Waals surface area contributed by atoms with Crippen molar-refractivity contribution in [3.63, 3.8) is 0 Å². The van der Waals surface area contributed by atoms with Crippen molar-refractivity contribution in [2.75, 3.05) is 20.8 Å². The average molecular weight is 180 g/mol. The van der Waals surface area contributed by atoms with Crippen LogP contribution in [0.1, 0.15) is 18.1 Å². The fourth-order valence-corrected chi connectivity index (χ4v) is 1.31. The highest BCUT2D eigenvalue weighted by Crippen LogP contribution is 2.19. The van der Waals surface area contributed by atoms with Gasteiger partial charge in [0.1, 0.15) is 0 Å². The first-order valence-corrected chi connectivity index (χ1v) is 4.45. The molecule has 72 valence electrons. The largest absolute Gasteiger partial charge is 0.385 e. The van der Waals surface area contributed by atoms with Crippen LogP contribution in [0.25, 0.3) is 0 Å². The lowest BCUT2D eigenvalue weighted by atomic mass is 10.1. The molecule has 2 nitrogen and oxygen atoms in total. The molecule has 0 saturated carbocycles. The van der Waals surface area contributed by atoms with Crippen molar-refractivity contribution in [3.8, 4) is 0 Å². The molecule has 0 radical (unpaired) electrons. The van der Waals surface area contributed by atoms with E-state index in [1.807, 2.05) is 18.2 Å². The van der Waals surface area contributed by atoms with Crippen LogP contribution in [0.15, 0.2) is 30.3 Å². The summed E-state index contributed by atoms with van der Waals surface area (Å²) >= 11 is 0. The Hall–Kier alpha value is -0.860. The molecule has 0 aliphatic rings. The van der Waals surface area contributed by atoms with E-state index in [4.69, 9.17) is 9.47 Å². The summed E-state index contributed by atoms with van der Waals surface area (Å²) in [5, 5.41) is 0. The Bertz CT molecular complexity index is 221. The molecule has 0 amide bonds. The van der Waals surface area contributed by atoms with E-state index in [0.29, 0.717) is 0 Å². The first-order chi connectivity index (χ1) is 6.38. The Morgan fingerprint density at radius 2 is 1.85 bits per heavy atom. The minimum Gasteiger partial charge on any atom is -0.385 e. The van der Waals surface area contributed by atoms with Gasteiger partial charge in [-0.3, -0.25) is 0 Å². The molecule has 2 heteroatoms. The Morgan fingerprint density at radius 3 is 2.38 bits per heavy atom. The molecule has 0 fully saturated rings. The summed E-state index contributed by atoms with van der Waals surface area (Å²) in [6.45, 7) is 0.730. The molecule has 1 aromatic carbocycles. The molecule has 0 heterocycles. The first kappa shape index (κ1) is 10.2. The molecule has 1 aromatic rings. The van der Waals surface area contributed by atoms with Crippen LogP contribution in [0, 0.1) is 0 Å². The summed E-state index contributed by atoms with van der Waals surface area (Å²) in [7, 11) is 3.44. The summed E-state index contributed by atoms with van der Waals surface area (Å²) < 4.78 is 10.4. The second-order valence-corrected chi connectivity index (χ2v) is 2.92. The van der Waals surface area contributed by atoms with Gasteiger partial charge in [-0.15, -0.1) is 0 Å². The first-order valence-electron chi connectivity index (χ1n) is 4.45. The zero-order valence-electron chi connectivity index (χ0n) is 8.19. The molecular weight excluding hydrogens is 164 g/mol. The van der Waals surface area contributed by atoms with Crippen molar-refractivity contribution in [3.05, 3.63) is 35.9 Å². The highest BCUT2D eigenvalue weighted by atomic mass is 16.5. The van der Waals surface area contributed by atoms with Gasteiger partial charge >= 0.3 is 0 Å². The van der Waals surface area contributed by atoms with Crippen LogP contribution < -0.4 is 0 Å². The zero-order chi connectivity index (χ0) is 9.52. The highest BCUT2D eigenvalue weighted by Gasteiger charge is 2.08. The van der Waals surface area contributed by atoms with Gasteiger partial charge in [0, 0.05) is 27.2 Å². The number of rotatable bonds is 5. The molecular formula is C11H16O2. The van der Waals surface area contributed by atoms with Crippen molar-refractivity contribution in [1.29, 1.82) is 0 Å². The molecule has 0 aliphatic carbocycles. The third kappa shape index (κ3) is 3.17. The second-order valence-electron chi connectivity index (χ2n) is 2.92. The molecule has 0 unspecified atom stereocenters. The van der Waals surface area contributed by atoms with Crippen LogP contribution in [0.2, 0.25) is 0 Å². The van der Waals surface area contributed by atoms with Gasteiger partial charge in [-0.25, -0.2) is 0 Å². The molecule has 13 heavy (non-hydrogen) atoms. The van der Waals surface area contributed by atoms with Gasteiger partial charge in [-0.2, -0.15) is 0 Å². The quantitative estimate of drug-likeness (QED) is 0.692. The van der Waals surface area contributed by atoms with Crippen LogP contribution in [0.3, 0.4) is 0 Å².